The van der Waals surface area contributed by atoms with Crippen molar-refractivity contribution in [2.24, 2.45) is 0 Å². The monoisotopic (exact) mass is 409 g/mol. The molecule has 0 aromatic carbocycles. The smallest absolute Gasteiger partial charge is 0.277 e. The molecule has 10 heteroatoms. The number of aryl methyl sites for hydroxylation is 1. The van der Waals surface area contributed by atoms with Crippen LogP contribution in [0.5, 0.6) is 0 Å². The van der Waals surface area contributed by atoms with Crippen molar-refractivity contribution < 1.29 is 26.9 Å². The van der Waals surface area contributed by atoms with E-state index in [1.807, 2.05) is 6.92 Å². The lowest BCUT2D eigenvalue weighted by Gasteiger charge is -2.31. The van der Waals surface area contributed by atoms with Crippen LogP contribution in [-0.2, 0) is 19.6 Å². The number of sulfonamides is 1. The van der Waals surface area contributed by atoms with Gasteiger partial charge in [0.15, 0.2) is 5.76 Å². The van der Waals surface area contributed by atoms with Crippen LogP contribution in [0.4, 0.5) is 0 Å². The molecular formula is C18H23N3O6S. The molecule has 2 aliphatic rings. The number of morpholine rings is 1. The van der Waals surface area contributed by atoms with Crippen molar-refractivity contribution in [2.75, 3.05) is 32.8 Å². The summed E-state index contributed by atoms with van der Waals surface area (Å²) in [6.07, 6.45) is 1.14. The number of hydrogen-bond donors (Lipinski definition) is 0. The summed E-state index contributed by atoms with van der Waals surface area (Å²) < 4.78 is 43.7. The molecule has 1 amide bonds. The zero-order chi connectivity index (χ0) is 19.9. The van der Waals surface area contributed by atoms with Crippen LogP contribution in [0.15, 0.2) is 26.2 Å². The predicted octanol–water partition coefficient (Wildman–Crippen LogP) is 1.56. The van der Waals surface area contributed by atoms with Crippen LogP contribution >= 0.6 is 0 Å². The largest absolute Gasteiger partial charge is 0.440 e. The van der Waals surface area contributed by atoms with Gasteiger partial charge in [-0.15, -0.1) is 0 Å². The van der Waals surface area contributed by atoms with E-state index in [1.165, 1.54) is 10.4 Å². The van der Waals surface area contributed by atoms with Gasteiger partial charge >= 0.3 is 0 Å². The number of nitrogens with zero attached hydrogens (tertiary/aromatic N) is 3. The Balaban J connectivity index is 1.59. The first-order valence-electron chi connectivity index (χ1n) is 9.31. The molecule has 0 spiro atoms. The fourth-order valence-electron chi connectivity index (χ4n) is 3.61. The molecule has 0 aliphatic carbocycles. The van der Waals surface area contributed by atoms with Crippen molar-refractivity contribution in [1.82, 2.24) is 14.4 Å². The molecule has 2 aromatic heterocycles. The SMILES string of the molecule is Cc1noc(-c2ccc(S(=O)(=O)N3CCC[C@H]3C(=O)N3CCOCC3)o2)c1C. The predicted molar refractivity (Wildman–Crippen MR) is 98.0 cm³/mol. The molecule has 2 aliphatic heterocycles. The Labute approximate surface area is 163 Å². The van der Waals surface area contributed by atoms with Gasteiger partial charge in [0.05, 0.1) is 18.9 Å². The highest BCUT2D eigenvalue weighted by Crippen LogP contribution is 2.32. The fourth-order valence-corrected chi connectivity index (χ4v) is 5.18. The number of aromatic nitrogens is 1. The molecule has 28 heavy (non-hydrogen) atoms. The van der Waals surface area contributed by atoms with E-state index in [2.05, 4.69) is 5.16 Å². The van der Waals surface area contributed by atoms with E-state index in [0.717, 1.165) is 5.56 Å². The van der Waals surface area contributed by atoms with Crippen molar-refractivity contribution in [3.8, 4) is 11.5 Å². The molecule has 2 fully saturated rings. The molecule has 4 heterocycles. The van der Waals surface area contributed by atoms with Crippen molar-refractivity contribution in [1.29, 1.82) is 0 Å². The summed E-state index contributed by atoms with van der Waals surface area (Å²) >= 11 is 0. The molecule has 2 saturated heterocycles. The van der Waals surface area contributed by atoms with Crippen LogP contribution in [0.3, 0.4) is 0 Å². The van der Waals surface area contributed by atoms with Gasteiger partial charge in [0.25, 0.3) is 10.0 Å². The lowest BCUT2D eigenvalue weighted by atomic mass is 10.2. The second kappa shape index (κ2) is 7.34. The van der Waals surface area contributed by atoms with Crippen LogP contribution < -0.4 is 0 Å². The number of carbonyl (C=O) groups excluding carboxylic acids is 1. The number of hydrogen-bond acceptors (Lipinski definition) is 7. The van der Waals surface area contributed by atoms with Crippen molar-refractivity contribution >= 4 is 15.9 Å². The summed E-state index contributed by atoms with van der Waals surface area (Å²) in [5.41, 5.74) is 1.51. The van der Waals surface area contributed by atoms with Gasteiger partial charge in [-0.05, 0) is 38.8 Å². The molecule has 2 aromatic rings. The van der Waals surface area contributed by atoms with Gasteiger partial charge in [0.2, 0.25) is 16.8 Å². The van der Waals surface area contributed by atoms with Gasteiger partial charge < -0.3 is 18.6 Å². The van der Waals surface area contributed by atoms with E-state index in [9.17, 15) is 13.2 Å². The lowest BCUT2D eigenvalue weighted by Crippen LogP contribution is -2.50. The zero-order valence-electron chi connectivity index (χ0n) is 15.9. The second-order valence-corrected chi connectivity index (χ2v) is 8.87. The summed E-state index contributed by atoms with van der Waals surface area (Å²) in [6, 6.07) is 2.25. The van der Waals surface area contributed by atoms with E-state index in [4.69, 9.17) is 13.7 Å². The topological polar surface area (TPSA) is 106 Å². The lowest BCUT2D eigenvalue weighted by molar-refractivity contribution is -0.138. The van der Waals surface area contributed by atoms with Crippen molar-refractivity contribution in [2.45, 2.75) is 37.8 Å². The van der Waals surface area contributed by atoms with Gasteiger partial charge in [-0.25, -0.2) is 8.42 Å². The first kappa shape index (κ1) is 19.2. The normalized spacial score (nSPS) is 21.4. The minimum absolute atomic E-state index is 0.169. The summed E-state index contributed by atoms with van der Waals surface area (Å²) in [7, 11) is -3.94. The summed E-state index contributed by atoms with van der Waals surface area (Å²) in [6.45, 7) is 5.84. The standard InChI is InChI=1S/C18H23N3O6S/c1-12-13(2)19-27-17(12)15-5-6-16(26-15)28(23,24)21-7-3-4-14(21)18(22)20-8-10-25-11-9-20/h5-6,14H,3-4,7-11H2,1-2H3/t14-/m0/s1. The molecule has 0 radical (unpaired) electrons. The van der Waals surface area contributed by atoms with Gasteiger partial charge in [-0.2, -0.15) is 4.31 Å². The van der Waals surface area contributed by atoms with Crippen LogP contribution in [0.2, 0.25) is 0 Å². The highest BCUT2D eigenvalue weighted by Gasteiger charge is 2.42. The Morgan fingerprint density at radius 3 is 2.61 bits per heavy atom. The Morgan fingerprint density at radius 2 is 1.93 bits per heavy atom. The molecule has 152 valence electrons. The van der Waals surface area contributed by atoms with Crippen molar-refractivity contribution in [3.63, 3.8) is 0 Å². The Kier molecular flexibility index (Phi) is 5.02. The van der Waals surface area contributed by atoms with Gasteiger partial charge in [-0.1, -0.05) is 5.16 Å². The average Bonchev–Trinajstić information content (AvgIpc) is 3.43. The third-order valence-corrected chi connectivity index (χ3v) is 7.12. The van der Waals surface area contributed by atoms with E-state index >= 15 is 0 Å². The molecule has 9 nitrogen and oxygen atoms in total. The first-order valence-corrected chi connectivity index (χ1v) is 10.7. The maximum atomic E-state index is 13.2. The summed E-state index contributed by atoms with van der Waals surface area (Å²) in [5, 5.41) is 3.68. The molecule has 4 rings (SSSR count). The Morgan fingerprint density at radius 1 is 1.18 bits per heavy atom. The average molecular weight is 409 g/mol. The van der Waals surface area contributed by atoms with E-state index in [-0.39, 0.29) is 11.0 Å². The van der Waals surface area contributed by atoms with Gasteiger partial charge in [-0.3, -0.25) is 4.79 Å². The molecule has 0 unspecified atom stereocenters. The van der Waals surface area contributed by atoms with Crippen LogP contribution in [0.1, 0.15) is 24.1 Å². The maximum Gasteiger partial charge on any atom is 0.277 e. The van der Waals surface area contributed by atoms with Gasteiger partial charge in [0, 0.05) is 25.2 Å². The maximum absolute atomic E-state index is 13.2. The fraction of sp³-hybridized carbons (Fsp3) is 0.556. The van der Waals surface area contributed by atoms with Crippen LogP contribution in [-0.4, -0.2) is 67.6 Å². The molecular weight excluding hydrogens is 386 g/mol. The van der Waals surface area contributed by atoms with Crippen molar-refractivity contribution in [3.05, 3.63) is 23.4 Å². The Bertz CT molecular complexity index is 973. The number of ether oxygens (including phenoxy) is 1. The molecule has 0 N–H and O–H groups in total. The van der Waals surface area contributed by atoms with E-state index < -0.39 is 16.1 Å². The van der Waals surface area contributed by atoms with Crippen LogP contribution in [0.25, 0.3) is 11.5 Å². The third-order valence-electron chi connectivity index (χ3n) is 5.34. The third kappa shape index (κ3) is 3.25. The molecule has 1 atom stereocenters. The Hall–Kier alpha value is -2.17. The number of furan rings is 1. The summed E-state index contributed by atoms with van der Waals surface area (Å²) in [5.74, 6) is 0.533. The number of amides is 1. The highest BCUT2D eigenvalue weighted by molar-refractivity contribution is 7.89. The molecule has 0 bridgehead atoms. The number of carbonyl (C=O) groups is 1. The minimum atomic E-state index is -3.94. The summed E-state index contributed by atoms with van der Waals surface area (Å²) in [4.78, 5) is 14.6. The van der Waals surface area contributed by atoms with Gasteiger partial charge in [0.1, 0.15) is 6.04 Å². The van der Waals surface area contributed by atoms with E-state index in [1.54, 1.807) is 17.9 Å². The second-order valence-electron chi connectivity index (χ2n) is 7.05. The van der Waals surface area contributed by atoms with E-state index in [0.29, 0.717) is 62.9 Å². The zero-order valence-corrected chi connectivity index (χ0v) is 16.7. The number of rotatable bonds is 4. The minimum Gasteiger partial charge on any atom is -0.440 e. The quantitative estimate of drug-likeness (QED) is 0.754. The highest BCUT2D eigenvalue weighted by atomic mass is 32.2. The first-order chi connectivity index (χ1) is 13.4. The molecule has 0 saturated carbocycles. The van der Waals surface area contributed by atoms with Crippen LogP contribution in [0, 0.1) is 13.8 Å².